The normalized spacial score (nSPS) is 18.6. The molecule has 1 aliphatic heterocycles. The molecule has 2 heteroatoms. The summed E-state index contributed by atoms with van der Waals surface area (Å²) in [4.78, 5) is 0. The van der Waals surface area contributed by atoms with Crippen LogP contribution in [0.15, 0.2) is 0 Å². The molecule has 0 aromatic heterocycles. The third-order valence-corrected chi connectivity index (χ3v) is 4.59. The summed E-state index contributed by atoms with van der Waals surface area (Å²) in [5, 5.41) is 0. The minimum absolute atomic E-state index is 0.241. The first-order valence-electron chi connectivity index (χ1n) is 9.61. The van der Waals surface area contributed by atoms with Crippen molar-refractivity contribution in [2.24, 2.45) is 0 Å². The minimum Gasteiger partial charge on any atom is -0.350 e. The molecule has 1 heterocycles. The van der Waals surface area contributed by atoms with Crippen molar-refractivity contribution in [3.8, 4) is 0 Å². The third kappa shape index (κ3) is 8.83. The quantitative estimate of drug-likeness (QED) is 0.397. The maximum atomic E-state index is 6.18. The first kappa shape index (κ1) is 19.0. The van der Waals surface area contributed by atoms with Crippen LogP contribution in [0.25, 0.3) is 0 Å². The molecule has 0 aromatic carbocycles. The highest BCUT2D eigenvalue weighted by Crippen LogP contribution is 2.31. The van der Waals surface area contributed by atoms with Gasteiger partial charge in [0.15, 0.2) is 5.79 Å². The van der Waals surface area contributed by atoms with Gasteiger partial charge in [0.25, 0.3) is 0 Å². The maximum absolute atomic E-state index is 6.18. The van der Waals surface area contributed by atoms with Crippen LogP contribution in [0, 0.1) is 0 Å². The lowest BCUT2D eigenvalue weighted by Crippen LogP contribution is -2.35. The zero-order chi connectivity index (χ0) is 15.2. The lowest BCUT2D eigenvalue weighted by molar-refractivity contribution is -0.234. The number of ether oxygens (including phenoxy) is 2. The van der Waals surface area contributed by atoms with E-state index in [9.17, 15) is 0 Å². The second kappa shape index (κ2) is 12.5. The number of rotatable bonds is 12. The zero-order valence-electron chi connectivity index (χ0n) is 14.6. The Balaban J connectivity index is 2.29. The second-order valence-corrected chi connectivity index (χ2v) is 6.64. The molecule has 1 aliphatic rings. The number of hydrogen-bond donors (Lipinski definition) is 0. The van der Waals surface area contributed by atoms with Crippen molar-refractivity contribution in [1.29, 1.82) is 0 Å². The highest BCUT2D eigenvalue weighted by atomic mass is 16.7. The second-order valence-electron chi connectivity index (χ2n) is 6.64. The summed E-state index contributed by atoms with van der Waals surface area (Å²) in [5.74, 6) is -0.241. The minimum atomic E-state index is -0.241. The van der Waals surface area contributed by atoms with Gasteiger partial charge in [-0.25, -0.2) is 0 Å². The third-order valence-electron chi connectivity index (χ3n) is 4.59. The van der Waals surface area contributed by atoms with E-state index in [1.54, 1.807) is 0 Å². The van der Waals surface area contributed by atoms with E-state index in [1.165, 1.54) is 64.2 Å². The van der Waals surface area contributed by atoms with Crippen LogP contribution in [0.5, 0.6) is 0 Å². The lowest BCUT2D eigenvalue weighted by Gasteiger charge is -2.32. The van der Waals surface area contributed by atoms with E-state index >= 15 is 0 Å². The Hall–Kier alpha value is -0.0800. The van der Waals surface area contributed by atoms with Crippen molar-refractivity contribution < 1.29 is 9.47 Å². The molecule has 0 unspecified atom stereocenters. The van der Waals surface area contributed by atoms with Crippen LogP contribution < -0.4 is 0 Å². The summed E-state index contributed by atoms with van der Waals surface area (Å²) in [6.45, 7) is 6.33. The highest BCUT2D eigenvalue weighted by molar-refractivity contribution is 4.73. The van der Waals surface area contributed by atoms with Gasteiger partial charge in [-0.05, 0) is 25.7 Å². The van der Waals surface area contributed by atoms with E-state index in [-0.39, 0.29) is 5.79 Å². The summed E-state index contributed by atoms with van der Waals surface area (Å²) in [6.07, 6.45) is 17.8. The Bertz CT molecular complexity index is 220. The Labute approximate surface area is 133 Å². The first-order valence-corrected chi connectivity index (χ1v) is 9.61. The van der Waals surface area contributed by atoms with Crippen LogP contribution >= 0.6 is 0 Å². The Morgan fingerprint density at radius 3 is 1.57 bits per heavy atom. The van der Waals surface area contributed by atoms with E-state index in [2.05, 4.69) is 13.8 Å². The van der Waals surface area contributed by atoms with Crippen LogP contribution in [0.1, 0.15) is 104 Å². The van der Waals surface area contributed by atoms with E-state index in [0.29, 0.717) is 0 Å². The van der Waals surface area contributed by atoms with Gasteiger partial charge >= 0.3 is 0 Å². The summed E-state index contributed by atoms with van der Waals surface area (Å²) in [6, 6.07) is 0. The largest absolute Gasteiger partial charge is 0.350 e. The fourth-order valence-electron chi connectivity index (χ4n) is 3.17. The maximum Gasteiger partial charge on any atom is 0.168 e. The van der Waals surface area contributed by atoms with Gasteiger partial charge in [0.1, 0.15) is 0 Å². The van der Waals surface area contributed by atoms with Gasteiger partial charge in [0, 0.05) is 12.8 Å². The van der Waals surface area contributed by atoms with Crippen LogP contribution in [0.2, 0.25) is 0 Å². The smallest absolute Gasteiger partial charge is 0.168 e. The van der Waals surface area contributed by atoms with Crippen molar-refractivity contribution in [2.45, 2.75) is 110 Å². The number of unbranched alkanes of at least 4 members (excludes halogenated alkanes) is 8. The molecule has 0 amide bonds. The summed E-state index contributed by atoms with van der Waals surface area (Å²) >= 11 is 0. The predicted octanol–water partition coefficient (Wildman–Crippen LogP) is 6.23. The first-order chi connectivity index (χ1) is 10.3. The van der Waals surface area contributed by atoms with Gasteiger partial charge in [0.05, 0.1) is 13.2 Å². The fourth-order valence-corrected chi connectivity index (χ4v) is 3.17. The highest BCUT2D eigenvalue weighted by Gasteiger charge is 2.32. The van der Waals surface area contributed by atoms with Gasteiger partial charge in [0.2, 0.25) is 0 Å². The van der Waals surface area contributed by atoms with E-state index in [0.717, 1.165) is 38.9 Å². The average molecular weight is 299 g/mol. The van der Waals surface area contributed by atoms with Gasteiger partial charge in [-0.1, -0.05) is 65.2 Å². The number of hydrogen-bond acceptors (Lipinski definition) is 2. The average Bonchev–Trinajstić information content (AvgIpc) is 2.74. The standard InChI is InChI=1S/C19H38O2/c1-3-5-7-9-10-12-16-19(15-11-8-6-4-2)20-17-13-14-18-21-19/h3-18H2,1-2H3. The SMILES string of the molecule is CCCCCCCCC1(CCCCCC)OCCCCO1. The molecule has 0 aliphatic carbocycles. The molecule has 1 rings (SSSR count). The molecule has 0 spiro atoms. The molecule has 2 nitrogen and oxygen atoms in total. The van der Waals surface area contributed by atoms with Crippen molar-refractivity contribution in [3.63, 3.8) is 0 Å². The topological polar surface area (TPSA) is 18.5 Å². The molecule has 0 saturated carbocycles. The van der Waals surface area contributed by atoms with Gasteiger partial charge in [-0.2, -0.15) is 0 Å². The molecule has 1 fully saturated rings. The molecule has 126 valence electrons. The fraction of sp³-hybridized carbons (Fsp3) is 1.00. The molecule has 0 N–H and O–H groups in total. The molecule has 21 heavy (non-hydrogen) atoms. The van der Waals surface area contributed by atoms with E-state index < -0.39 is 0 Å². The van der Waals surface area contributed by atoms with Crippen molar-refractivity contribution in [1.82, 2.24) is 0 Å². The van der Waals surface area contributed by atoms with E-state index in [4.69, 9.17) is 9.47 Å². The summed E-state index contributed by atoms with van der Waals surface area (Å²) < 4.78 is 12.4. The molecular weight excluding hydrogens is 260 g/mol. The van der Waals surface area contributed by atoms with Gasteiger partial charge in [-0.3, -0.25) is 0 Å². The van der Waals surface area contributed by atoms with Crippen LogP contribution in [0.4, 0.5) is 0 Å². The Kier molecular flexibility index (Phi) is 11.3. The van der Waals surface area contributed by atoms with Crippen LogP contribution in [0.3, 0.4) is 0 Å². The zero-order valence-corrected chi connectivity index (χ0v) is 14.6. The van der Waals surface area contributed by atoms with Gasteiger partial charge in [-0.15, -0.1) is 0 Å². The van der Waals surface area contributed by atoms with Gasteiger partial charge < -0.3 is 9.47 Å². The van der Waals surface area contributed by atoms with Crippen molar-refractivity contribution in [3.05, 3.63) is 0 Å². The molecular formula is C19H38O2. The van der Waals surface area contributed by atoms with Crippen molar-refractivity contribution in [2.75, 3.05) is 13.2 Å². The molecule has 0 bridgehead atoms. The molecule has 0 radical (unpaired) electrons. The monoisotopic (exact) mass is 298 g/mol. The van der Waals surface area contributed by atoms with Crippen LogP contribution in [-0.4, -0.2) is 19.0 Å². The Morgan fingerprint density at radius 2 is 1.05 bits per heavy atom. The predicted molar refractivity (Wildman–Crippen MR) is 90.6 cm³/mol. The summed E-state index contributed by atoms with van der Waals surface area (Å²) in [5.41, 5.74) is 0. The summed E-state index contributed by atoms with van der Waals surface area (Å²) in [7, 11) is 0. The molecule has 1 saturated heterocycles. The molecule has 0 aromatic rings. The Morgan fingerprint density at radius 1 is 0.619 bits per heavy atom. The van der Waals surface area contributed by atoms with Crippen LogP contribution in [-0.2, 0) is 9.47 Å². The van der Waals surface area contributed by atoms with E-state index in [1.807, 2.05) is 0 Å². The lowest BCUT2D eigenvalue weighted by atomic mass is 9.99. The molecule has 0 atom stereocenters. The van der Waals surface area contributed by atoms with Crippen molar-refractivity contribution >= 4 is 0 Å².